The van der Waals surface area contributed by atoms with Crippen molar-refractivity contribution in [1.82, 2.24) is 9.80 Å². The molecule has 2 aliphatic rings. The molecule has 2 heterocycles. The third-order valence-corrected chi connectivity index (χ3v) is 4.27. The number of halogens is 1. The Balaban J connectivity index is 2.11. The Bertz CT molecular complexity index is 616. The third-order valence-electron chi connectivity index (χ3n) is 4.01. The predicted molar refractivity (Wildman–Crippen MR) is 81.6 cm³/mol. The minimum absolute atomic E-state index is 0.172. The fourth-order valence-electron chi connectivity index (χ4n) is 2.96. The van der Waals surface area contributed by atoms with Gasteiger partial charge in [-0.3, -0.25) is 14.5 Å². The smallest absolute Gasteiger partial charge is 0.277 e. The summed E-state index contributed by atoms with van der Waals surface area (Å²) in [6.07, 6.45) is 2.12. The maximum absolute atomic E-state index is 12.6. The molecule has 0 bridgehead atoms. The van der Waals surface area contributed by atoms with Gasteiger partial charge in [0, 0.05) is 24.7 Å². The van der Waals surface area contributed by atoms with Crippen molar-refractivity contribution in [2.75, 3.05) is 19.6 Å². The molecule has 1 saturated heterocycles. The van der Waals surface area contributed by atoms with Crippen LogP contribution in [0.15, 0.2) is 30.0 Å². The Kier molecular flexibility index (Phi) is 3.72. The second kappa shape index (κ2) is 5.53. The number of carbonyl (C=O) groups is 2. The van der Waals surface area contributed by atoms with E-state index in [-0.39, 0.29) is 11.8 Å². The summed E-state index contributed by atoms with van der Waals surface area (Å²) in [4.78, 5) is 28.5. The van der Waals surface area contributed by atoms with E-state index in [9.17, 15) is 9.59 Å². The van der Waals surface area contributed by atoms with E-state index in [4.69, 9.17) is 11.6 Å². The molecule has 4 nitrogen and oxygen atoms in total. The molecule has 1 fully saturated rings. The molecule has 0 aliphatic carbocycles. The second-order valence-electron chi connectivity index (χ2n) is 5.28. The van der Waals surface area contributed by atoms with Crippen molar-refractivity contribution in [2.45, 2.75) is 19.8 Å². The van der Waals surface area contributed by atoms with E-state index >= 15 is 0 Å². The summed E-state index contributed by atoms with van der Waals surface area (Å²) in [6, 6.07) is 7.10. The molecule has 1 aromatic carbocycles. The van der Waals surface area contributed by atoms with Crippen LogP contribution in [-0.4, -0.2) is 41.2 Å². The zero-order chi connectivity index (χ0) is 15.0. The molecule has 0 saturated carbocycles. The van der Waals surface area contributed by atoms with Gasteiger partial charge in [0.05, 0.1) is 5.57 Å². The first kappa shape index (κ1) is 14.1. The minimum Gasteiger partial charge on any atom is -0.366 e. The topological polar surface area (TPSA) is 40.6 Å². The summed E-state index contributed by atoms with van der Waals surface area (Å²) >= 11 is 5.91. The summed E-state index contributed by atoms with van der Waals surface area (Å²) in [7, 11) is 0. The van der Waals surface area contributed by atoms with Crippen LogP contribution in [0.25, 0.3) is 5.57 Å². The molecule has 21 heavy (non-hydrogen) atoms. The second-order valence-corrected chi connectivity index (χ2v) is 5.72. The third kappa shape index (κ3) is 2.33. The Labute approximate surface area is 129 Å². The lowest BCUT2D eigenvalue weighted by atomic mass is 10.0. The van der Waals surface area contributed by atoms with Crippen LogP contribution in [0.5, 0.6) is 0 Å². The normalized spacial score (nSPS) is 19.1. The SMILES string of the molecule is CCN1C(=O)C(c2ccc(Cl)cc2)=C(N2CCCC2)C1=O. The van der Waals surface area contributed by atoms with Crippen molar-refractivity contribution in [3.8, 4) is 0 Å². The summed E-state index contributed by atoms with van der Waals surface area (Å²) in [5, 5.41) is 0.617. The van der Waals surface area contributed by atoms with E-state index in [0.29, 0.717) is 22.8 Å². The summed E-state index contributed by atoms with van der Waals surface area (Å²) in [5.41, 5.74) is 1.83. The number of hydrogen-bond acceptors (Lipinski definition) is 3. The molecule has 110 valence electrons. The Morgan fingerprint density at radius 2 is 1.67 bits per heavy atom. The number of rotatable bonds is 3. The number of hydrogen-bond donors (Lipinski definition) is 0. The van der Waals surface area contributed by atoms with Crippen molar-refractivity contribution >= 4 is 29.0 Å². The maximum Gasteiger partial charge on any atom is 0.277 e. The monoisotopic (exact) mass is 304 g/mol. The number of likely N-dealkylation sites (tertiary alicyclic amines) is 1. The van der Waals surface area contributed by atoms with Gasteiger partial charge in [-0.15, -0.1) is 0 Å². The summed E-state index contributed by atoms with van der Waals surface area (Å²) in [5.74, 6) is -0.374. The quantitative estimate of drug-likeness (QED) is 0.806. The van der Waals surface area contributed by atoms with Crippen LogP contribution in [0.2, 0.25) is 5.02 Å². The van der Waals surface area contributed by atoms with Crippen molar-refractivity contribution in [3.63, 3.8) is 0 Å². The first-order chi connectivity index (χ1) is 10.1. The van der Waals surface area contributed by atoms with Crippen molar-refractivity contribution in [3.05, 3.63) is 40.5 Å². The number of imide groups is 1. The van der Waals surface area contributed by atoms with E-state index in [2.05, 4.69) is 0 Å². The zero-order valence-electron chi connectivity index (χ0n) is 11.9. The van der Waals surface area contributed by atoms with E-state index in [1.165, 1.54) is 4.90 Å². The molecule has 1 aromatic rings. The van der Waals surface area contributed by atoms with E-state index in [1.807, 2.05) is 11.8 Å². The average molecular weight is 305 g/mol. The van der Waals surface area contributed by atoms with Crippen LogP contribution in [0.4, 0.5) is 0 Å². The van der Waals surface area contributed by atoms with Gasteiger partial charge in [0.15, 0.2) is 0 Å². The molecule has 0 aromatic heterocycles. The van der Waals surface area contributed by atoms with Gasteiger partial charge >= 0.3 is 0 Å². The molecular weight excluding hydrogens is 288 g/mol. The molecule has 5 heteroatoms. The zero-order valence-corrected chi connectivity index (χ0v) is 12.7. The van der Waals surface area contributed by atoms with E-state index in [1.54, 1.807) is 24.3 Å². The van der Waals surface area contributed by atoms with Crippen LogP contribution < -0.4 is 0 Å². The lowest BCUT2D eigenvalue weighted by Crippen LogP contribution is -2.34. The molecular formula is C16H17ClN2O2. The first-order valence-corrected chi connectivity index (χ1v) is 7.62. The number of likely N-dealkylation sites (N-methyl/N-ethyl adjacent to an activating group) is 1. The lowest BCUT2D eigenvalue weighted by Gasteiger charge is -2.19. The van der Waals surface area contributed by atoms with Crippen LogP contribution in [0.3, 0.4) is 0 Å². The largest absolute Gasteiger partial charge is 0.366 e. The minimum atomic E-state index is -0.202. The van der Waals surface area contributed by atoms with Gasteiger partial charge in [-0.2, -0.15) is 0 Å². The van der Waals surface area contributed by atoms with Crippen LogP contribution in [0, 0.1) is 0 Å². The number of benzene rings is 1. The Morgan fingerprint density at radius 1 is 1.05 bits per heavy atom. The van der Waals surface area contributed by atoms with Gasteiger partial charge in [0.1, 0.15) is 5.70 Å². The number of nitrogens with zero attached hydrogens (tertiary/aromatic N) is 2. The molecule has 0 radical (unpaired) electrons. The van der Waals surface area contributed by atoms with Crippen molar-refractivity contribution < 1.29 is 9.59 Å². The standard InChI is InChI=1S/C16H17ClN2O2/c1-2-19-15(20)13(11-5-7-12(17)8-6-11)14(16(19)21)18-9-3-4-10-18/h5-8H,2-4,9-10H2,1H3. The molecule has 2 amide bonds. The van der Waals surface area contributed by atoms with Gasteiger partial charge in [0.25, 0.3) is 11.8 Å². The van der Waals surface area contributed by atoms with Crippen LogP contribution in [0.1, 0.15) is 25.3 Å². The van der Waals surface area contributed by atoms with Gasteiger partial charge in [-0.25, -0.2) is 0 Å². The highest BCUT2D eigenvalue weighted by molar-refractivity contribution is 6.36. The molecule has 2 aliphatic heterocycles. The first-order valence-electron chi connectivity index (χ1n) is 7.25. The summed E-state index contributed by atoms with van der Waals surface area (Å²) < 4.78 is 0. The van der Waals surface area contributed by atoms with Gasteiger partial charge in [0.2, 0.25) is 0 Å². The molecule has 0 atom stereocenters. The summed E-state index contributed by atoms with van der Waals surface area (Å²) in [6.45, 7) is 3.89. The lowest BCUT2D eigenvalue weighted by molar-refractivity contribution is -0.137. The van der Waals surface area contributed by atoms with Gasteiger partial charge in [-0.1, -0.05) is 23.7 Å². The fourth-order valence-corrected chi connectivity index (χ4v) is 3.09. The average Bonchev–Trinajstić information content (AvgIpc) is 3.07. The maximum atomic E-state index is 12.6. The molecule has 3 rings (SSSR count). The molecule has 0 N–H and O–H groups in total. The van der Waals surface area contributed by atoms with Gasteiger partial charge < -0.3 is 4.90 Å². The Hall–Kier alpha value is -1.81. The highest BCUT2D eigenvalue weighted by Crippen LogP contribution is 2.33. The van der Waals surface area contributed by atoms with Crippen LogP contribution in [-0.2, 0) is 9.59 Å². The van der Waals surface area contributed by atoms with Gasteiger partial charge in [-0.05, 0) is 37.5 Å². The van der Waals surface area contributed by atoms with E-state index in [0.717, 1.165) is 31.5 Å². The van der Waals surface area contributed by atoms with Crippen molar-refractivity contribution in [1.29, 1.82) is 0 Å². The number of amides is 2. The highest BCUT2D eigenvalue weighted by atomic mass is 35.5. The van der Waals surface area contributed by atoms with Crippen LogP contribution >= 0.6 is 11.6 Å². The Morgan fingerprint density at radius 3 is 2.24 bits per heavy atom. The van der Waals surface area contributed by atoms with E-state index < -0.39 is 0 Å². The predicted octanol–water partition coefficient (Wildman–Crippen LogP) is 2.54. The highest BCUT2D eigenvalue weighted by Gasteiger charge is 2.41. The molecule has 0 unspecified atom stereocenters. The molecule has 0 spiro atoms. The fraction of sp³-hybridized carbons (Fsp3) is 0.375. The number of carbonyl (C=O) groups excluding carboxylic acids is 2. The van der Waals surface area contributed by atoms with Crippen molar-refractivity contribution in [2.24, 2.45) is 0 Å².